The van der Waals surface area contributed by atoms with Gasteiger partial charge in [0.25, 0.3) is 0 Å². The third-order valence-corrected chi connectivity index (χ3v) is 5.69. The van der Waals surface area contributed by atoms with Crippen molar-refractivity contribution in [1.82, 2.24) is 9.97 Å². The number of nitrogens with two attached hydrogens (primary N) is 1. The highest BCUT2D eigenvalue weighted by Gasteiger charge is 2.42. The first-order chi connectivity index (χ1) is 12.7. The van der Waals surface area contributed by atoms with Gasteiger partial charge < -0.3 is 15.5 Å². The van der Waals surface area contributed by atoms with Gasteiger partial charge in [0.15, 0.2) is 0 Å². The van der Waals surface area contributed by atoms with Crippen LogP contribution >= 0.6 is 11.8 Å². The van der Waals surface area contributed by atoms with E-state index < -0.39 is 0 Å². The maximum Gasteiger partial charge on any atom is 0.337 e. The van der Waals surface area contributed by atoms with Crippen LogP contribution in [0.4, 0.5) is 0 Å². The minimum atomic E-state index is -0.357. The largest absolute Gasteiger partial charge is 0.463 e. The summed E-state index contributed by atoms with van der Waals surface area (Å²) in [6, 6.07) is 17.8. The maximum absolute atomic E-state index is 12.6. The Labute approximate surface area is 155 Å². The Balaban J connectivity index is 1.80. The van der Waals surface area contributed by atoms with Crippen molar-refractivity contribution in [3.05, 3.63) is 76.6 Å². The number of H-pyrrole nitrogens is 1. The molecule has 0 saturated heterocycles. The summed E-state index contributed by atoms with van der Waals surface area (Å²) in [6.45, 7) is 2.11. The molecule has 5 nitrogen and oxygen atoms in total. The first kappa shape index (κ1) is 16.7. The van der Waals surface area contributed by atoms with Crippen molar-refractivity contribution in [3.8, 4) is 0 Å². The van der Waals surface area contributed by atoms with Crippen molar-refractivity contribution in [2.75, 3.05) is 6.61 Å². The van der Waals surface area contributed by atoms with Crippen molar-refractivity contribution >= 4 is 28.8 Å². The summed E-state index contributed by atoms with van der Waals surface area (Å²) in [4.78, 5) is 20.7. The van der Waals surface area contributed by atoms with Crippen LogP contribution in [0.2, 0.25) is 0 Å². The molecule has 3 N–H and O–H groups in total. The Morgan fingerprint density at radius 2 is 1.92 bits per heavy atom. The Morgan fingerprint density at radius 1 is 1.19 bits per heavy atom. The molecule has 3 aromatic rings. The molecule has 6 heteroatoms. The van der Waals surface area contributed by atoms with Crippen LogP contribution in [0.5, 0.6) is 0 Å². The van der Waals surface area contributed by atoms with Crippen LogP contribution in [-0.2, 0) is 9.53 Å². The summed E-state index contributed by atoms with van der Waals surface area (Å²) in [5.74, 6) is 0.248. The number of carbonyl (C=O) groups excluding carboxylic acids is 1. The molecule has 26 heavy (non-hydrogen) atoms. The van der Waals surface area contributed by atoms with Crippen LogP contribution in [0.1, 0.15) is 29.5 Å². The summed E-state index contributed by atoms with van der Waals surface area (Å²) in [5.41, 5.74) is 9.68. The number of hydrogen-bond donors (Lipinski definition) is 2. The average Bonchev–Trinajstić information content (AvgIpc) is 3.23. The lowest BCUT2D eigenvalue weighted by atomic mass is 9.88. The van der Waals surface area contributed by atoms with Gasteiger partial charge in [0.1, 0.15) is 5.82 Å². The number of nitrogens with one attached hydrogen (secondary N) is 1. The zero-order valence-corrected chi connectivity index (χ0v) is 15.1. The van der Waals surface area contributed by atoms with E-state index in [1.54, 1.807) is 6.92 Å². The van der Waals surface area contributed by atoms with E-state index >= 15 is 0 Å². The number of aromatic nitrogens is 2. The van der Waals surface area contributed by atoms with Gasteiger partial charge in [-0.1, -0.05) is 54.2 Å². The second kappa shape index (κ2) is 6.88. The summed E-state index contributed by atoms with van der Waals surface area (Å²) in [6.07, 6.45) is 0. The summed E-state index contributed by atoms with van der Waals surface area (Å²) >= 11 is 1.46. The fourth-order valence-electron chi connectivity index (χ4n) is 3.33. The quantitative estimate of drug-likeness (QED) is 0.686. The molecule has 0 spiro atoms. The fourth-order valence-corrected chi connectivity index (χ4v) is 4.60. The molecule has 1 aromatic heterocycles. The number of aromatic amines is 1. The van der Waals surface area contributed by atoms with Crippen molar-refractivity contribution < 1.29 is 9.53 Å². The van der Waals surface area contributed by atoms with Gasteiger partial charge in [0.05, 0.1) is 33.5 Å². The molecule has 4 rings (SSSR count). The first-order valence-corrected chi connectivity index (χ1v) is 9.40. The molecule has 2 atom stereocenters. The Kier molecular flexibility index (Phi) is 4.42. The van der Waals surface area contributed by atoms with Gasteiger partial charge in [0, 0.05) is 5.92 Å². The maximum atomic E-state index is 12.6. The number of imidazole rings is 1. The molecule has 2 unspecified atom stereocenters. The van der Waals surface area contributed by atoms with E-state index in [1.807, 2.05) is 54.6 Å². The third kappa shape index (κ3) is 2.86. The topological polar surface area (TPSA) is 81.0 Å². The Hall–Kier alpha value is -2.73. The number of nitrogens with zero attached hydrogens (tertiary/aromatic N) is 1. The number of hydrogen-bond acceptors (Lipinski definition) is 5. The van der Waals surface area contributed by atoms with Crippen molar-refractivity contribution in [2.24, 2.45) is 5.73 Å². The number of para-hydroxylation sites is 2. The smallest absolute Gasteiger partial charge is 0.337 e. The average molecular weight is 365 g/mol. The minimum absolute atomic E-state index is 0.107. The highest BCUT2D eigenvalue weighted by molar-refractivity contribution is 8.03. The highest BCUT2D eigenvalue weighted by Crippen LogP contribution is 2.54. The number of carbonyl (C=O) groups is 1. The van der Waals surface area contributed by atoms with Crippen LogP contribution in [0.15, 0.2) is 65.2 Å². The lowest BCUT2D eigenvalue weighted by molar-refractivity contribution is -0.138. The number of fused-ring (bicyclic) bond motifs is 1. The molecule has 0 radical (unpaired) electrons. The first-order valence-electron chi connectivity index (χ1n) is 8.52. The van der Waals surface area contributed by atoms with Gasteiger partial charge in [0.2, 0.25) is 0 Å². The second-order valence-corrected chi connectivity index (χ2v) is 7.25. The summed E-state index contributed by atoms with van der Waals surface area (Å²) < 4.78 is 5.27. The van der Waals surface area contributed by atoms with Gasteiger partial charge in [-0.3, -0.25) is 0 Å². The van der Waals surface area contributed by atoms with E-state index in [4.69, 9.17) is 15.5 Å². The lowest BCUT2D eigenvalue weighted by Gasteiger charge is -2.20. The third-order valence-electron chi connectivity index (χ3n) is 4.46. The zero-order chi connectivity index (χ0) is 18.1. The number of esters is 1. The van der Waals surface area contributed by atoms with E-state index in [0.29, 0.717) is 17.2 Å². The highest BCUT2D eigenvalue weighted by atomic mass is 32.2. The normalized spacial score (nSPS) is 19.9. The van der Waals surface area contributed by atoms with Gasteiger partial charge in [-0.25, -0.2) is 9.78 Å². The van der Waals surface area contributed by atoms with Crippen molar-refractivity contribution in [1.29, 1.82) is 0 Å². The SMILES string of the molecule is CCOC(=O)C1=C(N)SC(c2nc3ccccc3[nH]2)C1c1ccccc1. The molecule has 132 valence electrons. The zero-order valence-electron chi connectivity index (χ0n) is 14.3. The van der Waals surface area contributed by atoms with Gasteiger partial charge >= 0.3 is 5.97 Å². The molecular weight excluding hydrogens is 346 g/mol. The van der Waals surface area contributed by atoms with E-state index in [1.165, 1.54) is 11.8 Å². The summed E-state index contributed by atoms with van der Waals surface area (Å²) in [5, 5.41) is 0.395. The predicted octanol–water partition coefficient (Wildman–Crippen LogP) is 3.87. The molecule has 1 aliphatic rings. The minimum Gasteiger partial charge on any atom is -0.463 e. The van der Waals surface area contributed by atoms with Crippen molar-refractivity contribution in [2.45, 2.75) is 18.1 Å². The molecule has 0 bridgehead atoms. The summed E-state index contributed by atoms with van der Waals surface area (Å²) in [7, 11) is 0. The molecule has 1 aliphatic heterocycles. The molecule has 0 fully saturated rings. The fraction of sp³-hybridized carbons (Fsp3) is 0.200. The molecule has 0 saturated carbocycles. The van der Waals surface area contributed by atoms with Crippen LogP contribution in [0.3, 0.4) is 0 Å². The van der Waals surface area contributed by atoms with Crippen LogP contribution in [-0.4, -0.2) is 22.5 Å². The lowest BCUT2D eigenvalue weighted by Crippen LogP contribution is -2.17. The number of benzene rings is 2. The van der Waals surface area contributed by atoms with Crippen LogP contribution in [0, 0.1) is 0 Å². The van der Waals surface area contributed by atoms with Gasteiger partial charge in [-0.05, 0) is 24.6 Å². The molecular formula is C20H19N3O2S. The molecule has 2 heterocycles. The molecule has 0 amide bonds. The standard InChI is InChI=1S/C20H19N3O2S/c1-2-25-20(24)16-15(12-8-4-3-5-9-12)17(26-18(16)21)19-22-13-10-6-7-11-14(13)23-19/h3-11,15,17H,2,21H2,1H3,(H,22,23). The van der Waals surface area contributed by atoms with Crippen LogP contribution in [0.25, 0.3) is 11.0 Å². The monoisotopic (exact) mass is 365 g/mol. The van der Waals surface area contributed by atoms with E-state index in [0.717, 1.165) is 22.4 Å². The van der Waals surface area contributed by atoms with E-state index in [9.17, 15) is 4.79 Å². The second-order valence-electron chi connectivity index (χ2n) is 6.06. The van der Waals surface area contributed by atoms with Crippen LogP contribution < -0.4 is 5.73 Å². The van der Waals surface area contributed by atoms with Gasteiger partial charge in [-0.15, -0.1) is 0 Å². The van der Waals surface area contributed by atoms with Crippen molar-refractivity contribution in [3.63, 3.8) is 0 Å². The molecule has 2 aromatic carbocycles. The predicted molar refractivity (Wildman–Crippen MR) is 103 cm³/mol. The van der Waals surface area contributed by atoms with E-state index in [-0.39, 0.29) is 17.1 Å². The van der Waals surface area contributed by atoms with Gasteiger partial charge in [-0.2, -0.15) is 0 Å². The number of ether oxygens (including phenoxy) is 1. The Bertz CT molecular complexity index is 948. The number of rotatable bonds is 4. The van der Waals surface area contributed by atoms with E-state index in [2.05, 4.69) is 4.98 Å². The molecule has 0 aliphatic carbocycles. The number of thioether (sulfide) groups is 1. The Morgan fingerprint density at radius 3 is 2.65 bits per heavy atom.